The van der Waals surface area contributed by atoms with Gasteiger partial charge in [-0.15, -0.1) is 0 Å². The highest BCUT2D eigenvalue weighted by molar-refractivity contribution is 9.10. The number of ketones is 1. The maximum absolute atomic E-state index is 12.7. The maximum atomic E-state index is 12.7. The first-order valence-electron chi connectivity index (χ1n) is 8.61. The zero-order valence-electron chi connectivity index (χ0n) is 14.7. The Morgan fingerprint density at radius 1 is 1.04 bits per heavy atom. The van der Waals surface area contributed by atoms with Crippen molar-refractivity contribution in [2.45, 2.75) is 13.5 Å². The zero-order chi connectivity index (χ0) is 18.8. The van der Waals surface area contributed by atoms with E-state index in [9.17, 15) is 4.79 Å². The van der Waals surface area contributed by atoms with Crippen molar-refractivity contribution in [3.63, 3.8) is 0 Å². The molecule has 0 saturated carbocycles. The first-order valence-corrected chi connectivity index (χ1v) is 9.40. The van der Waals surface area contributed by atoms with Crippen molar-refractivity contribution < 1.29 is 14.3 Å². The fraction of sp³-hybridized carbons (Fsp3) is 0.0870. The average Bonchev–Trinajstić information content (AvgIpc) is 2.98. The molecule has 0 spiro atoms. The molecular weight excluding hydrogens is 404 g/mol. The summed E-state index contributed by atoms with van der Waals surface area (Å²) in [4.78, 5) is 12.7. The molecule has 0 unspecified atom stereocenters. The number of allylic oxidation sites excluding steroid dienone is 1. The van der Waals surface area contributed by atoms with Crippen molar-refractivity contribution >= 4 is 27.8 Å². The minimum Gasteiger partial charge on any atom is -0.489 e. The Morgan fingerprint density at radius 2 is 1.78 bits per heavy atom. The molecule has 3 aromatic rings. The summed E-state index contributed by atoms with van der Waals surface area (Å²) in [5.41, 5.74) is 3.45. The Kier molecular flexibility index (Phi) is 4.82. The summed E-state index contributed by atoms with van der Waals surface area (Å²) >= 11 is 3.43. The molecule has 1 heterocycles. The number of ether oxygens (including phenoxy) is 2. The standard InChI is InChI=1S/C23H17BrO3/c1-15-11-19(26-14-17-7-9-18(24)10-8-17)13-20-22(15)23(25)21(27-20)12-16-5-3-2-4-6-16/h2-13H,14H2,1H3/b21-12-. The van der Waals surface area contributed by atoms with Gasteiger partial charge in [-0.05, 0) is 47.9 Å². The number of benzene rings is 3. The molecule has 0 N–H and O–H groups in total. The van der Waals surface area contributed by atoms with E-state index in [1.807, 2.05) is 67.6 Å². The van der Waals surface area contributed by atoms with Gasteiger partial charge in [-0.1, -0.05) is 58.4 Å². The van der Waals surface area contributed by atoms with Crippen LogP contribution in [0.4, 0.5) is 0 Å². The van der Waals surface area contributed by atoms with Crippen molar-refractivity contribution in [3.8, 4) is 11.5 Å². The smallest absolute Gasteiger partial charge is 0.232 e. The Balaban J connectivity index is 1.56. The number of Topliss-reactive ketones (excluding diaryl/α,β-unsaturated/α-hetero) is 1. The minimum absolute atomic E-state index is 0.0918. The van der Waals surface area contributed by atoms with Crippen LogP contribution < -0.4 is 9.47 Å². The van der Waals surface area contributed by atoms with Gasteiger partial charge in [-0.3, -0.25) is 4.79 Å². The number of hydrogen-bond acceptors (Lipinski definition) is 3. The van der Waals surface area contributed by atoms with Crippen LogP contribution in [0, 0.1) is 6.92 Å². The van der Waals surface area contributed by atoms with Gasteiger partial charge in [-0.2, -0.15) is 0 Å². The van der Waals surface area contributed by atoms with E-state index in [4.69, 9.17) is 9.47 Å². The molecule has 3 nitrogen and oxygen atoms in total. The van der Waals surface area contributed by atoms with Gasteiger partial charge in [0.1, 0.15) is 18.1 Å². The molecule has 0 aliphatic carbocycles. The molecule has 0 atom stereocenters. The molecule has 4 rings (SSSR count). The Morgan fingerprint density at radius 3 is 2.52 bits per heavy atom. The predicted molar refractivity (Wildman–Crippen MR) is 109 cm³/mol. The van der Waals surface area contributed by atoms with Gasteiger partial charge in [-0.25, -0.2) is 0 Å². The lowest BCUT2D eigenvalue weighted by atomic mass is 10.0. The first-order chi connectivity index (χ1) is 13.1. The summed E-state index contributed by atoms with van der Waals surface area (Å²) in [5.74, 6) is 1.48. The summed E-state index contributed by atoms with van der Waals surface area (Å²) in [6, 6.07) is 21.3. The number of carbonyl (C=O) groups excluding carboxylic acids is 1. The quantitative estimate of drug-likeness (QED) is 0.488. The average molecular weight is 421 g/mol. The topological polar surface area (TPSA) is 35.5 Å². The molecule has 134 valence electrons. The normalized spacial score (nSPS) is 14.1. The predicted octanol–water partition coefficient (Wildman–Crippen LogP) is 5.95. The summed E-state index contributed by atoms with van der Waals surface area (Å²) in [7, 11) is 0. The number of aryl methyl sites for hydroxylation is 1. The van der Waals surface area contributed by atoms with Crippen LogP contribution in [0.25, 0.3) is 6.08 Å². The fourth-order valence-corrected chi connectivity index (χ4v) is 3.27. The number of rotatable bonds is 4. The molecular formula is C23H17BrO3. The lowest BCUT2D eigenvalue weighted by molar-refractivity contribution is 0.101. The van der Waals surface area contributed by atoms with E-state index in [2.05, 4.69) is 15.9 Å². The van der Waals surface area contributed by atoms with Crippen LogP contribution in [-0.2, 0) is 6.61 Å². The van der Waals surface area contributed by atoms with Crippen molar-refractivity contribution in [1.29, 1.82) is 0 Å². The van der Waals surface area contributed by atoms with E-state index in [-0.39, 0.29) is 5.78 Å². The Hall–Kier alpha value is -2.85. The number of hydrogen-bond donors (Lipinski definition) is 0. The lowest BCUT2D eigenvalue weighted by Gasteiger charge is -2.09. The van der Waals surface area contributed by atoms with Crippen LogP contribution in [-0.4, -0.2) is 5.78 Å². The van der Waals surface area contributed by atoms with Crippen molar-refractivity contribution in [2.75, 3.05) is 0 Å². The zero-order valence-corrected chi connectivity index (χ0v) is 16.3. The SMILES string of the molecule is Cc1cc(OCc2ccc(Br)cc2)cc2c1C(=O)/C(=C/c1ccccc1)O2. The Labute approximate surface area is 166 Å². The number of carbonyl (C=O) groups is 1. The fourth-order valence-electron chi connectivity index (χ4n) is 3.01. The highest BCUT2D eigenvalue weighted by Gasteiger charge is 2.29. The molecule has 1 aliphatic rings. The van der Waals surface area contributed by atoms with E-state index in [1.165, 1.54) is 0 Å². The van der Waals surface area contributed by atoms with Crippen LogP contribution in [0.5, 0.6) is 11.5 Å². The van der Waals surface area contributed by atoms with Crippen molar-refractivity contribution in [2.24, 2.45) is 0 Å². The molecule has 3 aromatic carbocycles. The van der Waals surface area contributed by atoms with Gasteiger partial charge in [0, 0.05) is 10.5 Å². The van der Waals surface area contributed by atoms with Gasteiger partial charge in [0.05, 0.1) is 5.56 Å². The molecule has 0 fully saturated rings. The van der Waals surface area contributed by atoms with Crippen LogP contribution in [0.3, 0.4) is 0 Å². The molecule has 27 heavy (non-hydrogen) atoms. The molecule has 0 amide bonds. The van der Waals surface area contributed by atoms with E-state index in [1.54, 1.807) is 12.1 Å². The summed E-state index contributed by atoms with van der Waals surface area (Å²) in [6.07, 6.45) is 1.77. The van der Waals surface area contributed by atoms with Crippen LogP contribution in [0.15, 0.2) is 77.0 Å². The highest BCUT2D eigenvalue weighted by atomic mass is 79.9. The third kappa shape index (κ3) is 3.81. The molecule has 0 radical (unpaired) electrons. The van der Waals surface area contributed by atoms with Gasteiger partial charge >= 0.3 is 0 Å². The van der Waals surface area contributed by atoms with Crippen LogP contribution in [0.2, 0.25) is 0 Å². The minimum atomic E-state index is -0.0918. The lowest BCUT2D eigenvalue weighted by Crippen LogP contribution is -2.00. The van der Waals surface area contributed by atoms with Crippen molar-refractivity contribution in [1.82, 2.24) is 0 Å². The summed E-state index contributed by atoms with van der Waals surface area (Å²) < 4.78 is 12.8. The molecule has 0 saturated heterocycles. The monoisotopic (exact) mass is 420 g/mol. The van der Waals surface area contributed by atoms with Crippen molar-refractivity contribution in [3.05, 3.63) is 99.2 Å². The summed E-state index contributed by atoms with van der Waals surface area (Å²) in [6.45, 7) is 2.35. The highest BCUT2D eigenvalue weighted by Crippen LogP contribution is 2.37. The Bertz CT molecular complexity index is 1020. The second-order valence-corrected chi connectivity index (χ2v) is 7.29. The van der Waals surface area contributed by atoms with Gasteiger partial charge in [0.25, 0.3) is 0 Å². The van der Waals surface area contributed by atoms with Crippen LogP contribution in [0.1, 0.15) is 27.0 Å². The van der Waals surface area contributed by atoms with Gasteiger partial charge in [0.2, 0.25) is 5.78 Å². The molecule has 0 aromatic heterocycles. The van der Waals surface area contributed by atoms with E-state index in [0.717, 1.165) is 21.2 Å². The third-order valence-electron chi connectivity index (χ3n) is 4.36. The second-order valence-electron chi connectivity index (χ2n) is 6.38. The van der Waals surface area contributed by atoms with E-state index >= 15 is 0 Å². The largest absolute Gasteiger partial charge is 0.489 e. The van der Waals surface area contributed by atoms with Crippen LogP contribution >= 0.6 is 15.9 Å². The van der Waals surface area contributed by atoms with E-state index in [0.29, 0.717) is 29.4 Å². The van der Waals surface area contributed by atoms with Gasteiger partial charge in [0.15, 0.2) is 5.76 Å². The number of halogens is 1. The van der Waals surface area contributed by atoms with E-state index < -0.39 is 0 Å². The van der Waals surface area contributed by atoms with Gasteiger partial charge < -0.3 is 9.47 Å². The number of fused-ring (bicyclic) bond motifs is 1. The molecule has 0 bridgehead atoms. The third-order valence-corrected chi connectivity index (χ3v) is 4.89. The maximum Gasteiger partial charge on any atom is 0.232 e. The molecule has 4 heteroatoms. The second kappa shape index (κ2) is 7.41. The summed E-state index contributed by atoms with van der Waals surface area (Å²) in [5, 5.41) is 0. The first kappa shape index (κ1) is 17.6. The molecule has 1 aliphatic heterocycles.